The van der Waals surface area contributed by atoms with Gasteiger partial charge in [-0.1, -0.05) is 24.3 Å². The predicted octanol–water partition coefficient (Wildman–Crippen LogP) is -0.525. The first kappa shape index (κ1) is 27.9. The fourth-order valence-electron chi connectivity index (χ4n) is 4.73. The van der Waals surface area contributed by atoms with Crippen molar-refractivity contribution in [2.45, 2.75) is 50.2 Å². The standard InChI is InChI=1S/C25H28N8O7/c26-25(40)31-28-13-15(12-20(35)36)29-22(37)18-6-3-11-32-19(34)8-7-17(24(39)33(18)32)30-23(38)21-16-5-2-1-4-14(16)9-10-27-21/h1-2,4-5,9-10,13,15,17-18H,3,6-8,11-12H2,(H,29,37)(H,30,38)(H,35,36)(H3,26,31,40). The molecule has 40 heavy (non-hydrogen) atoms. The first-order valence-electron chi connectivity index (χ1n) is 12.5. The molecule has 3 heterocycles. The smallest absolute Gasteiger partial charge is 0.332 e. The van der Waals surface area contributed by atoms with E-state index in [4.69, 9.17) is 5.73 Å². The number of hydrazine groups is 1. The number of carbonyl (C=O) groups excluding carboxylic acids is 5. The maximum atomic E-state index is 13.7. The lowest BCUT2D eigenvalue weighted by Crippen LogP contribution is -2.64. The topological polar surface area (TPSA) is 216 Å². The number of nitrogens with zero attached hydrogens (tertiary/aromatic N) is 4. The molecule has 0 bridgehead atoms. The van der Waals surface area contributed by atoms with E-state index in [1.54, 1.807) is 18.2 Å². The molecule has 15 nitrogen and oxygen atoms in total. The Morgan fingerprint density at radius 2 is 1.95 bits per heavy atom. The number of amides is 6. The van der Waals surface area contributed by atoms with E-state index >= 15 is 0 Å². The summed E-state index contributed by atoms with van der Waals surface area (Å²) in [7, 11) is 0. The minimum atomic E-state index is -1.26. The average molecular weight is 553 g/mol. The van der Waals surface area contributed by atoms with Gasteiger partial charge in [0.05, 0.1) is 12.5 Å². The van der Waals surface area contributed by atoms with Crippen LogP contribution < -0.4 is 21.8 Å². The molecule has 0 radical (unpaired) electrons. The van der Waals surface area contributed by atoms with E-state index in [9.17, 15) is 33.9 Å². The third kappa shape index (κ3) is 6.31. The van der Waals surface area contributed by atoms with Gasteiger partial charge < -0.3 is 21.5 Å². The van der Waals surface area contributed by atoms with E-state index in [2.05, 4.69) is 20.7 Å². The third-order valence-corrected chi connectivity index (χ3v) is 6.51. The van der Waals surface area contributed by atoms with Crippen molar-refractivity contribution in [3.05, 3.63) is 42.2 Å². The Balaban J connectivity index is 1.55. The molecule has 0 spiro atoms. The molecule has 2 aliphatic rings. The first-order chi connectivity index (χ1) is 19.2. The molecule has 3 atom stereocenters. The molecule has 6 amide bonds. The molecule has 1 aromatic carbocycles. The largest absolute Gasteiger partial charge is 0.481 e. The van der Waals surface area contributed by atoms with Crippen LogP contribution in [0.15, 0.2) is 41.6 Å². The van der Waals surface area contributed by atoms with Crippen LogP contribution in [-0.4, -0.2) is 86.6 Å². The summed E-state index contributed by atoms with van der Waals surface area (Å²) in [6, 6.07) is 4.47. The highest BCUT2D eigenvalue weighted by Gasteiger charge is 2.45. The van der Waals surface area contributed by atoms with E-state index in [-0.39, 0.29) is 37.4 Å². The van der Waals surface area contributed by atoms with Crippen molar-refractivity contribution >= 4 is 52.6 Å². The van der Waals surface area contributed by atoms with Crippen LogP contribution in [0.5, 0.6) is 0 Å². The Bertz CT molecular complexity index is 1370. The summed E-state index contributed by atoms with van der Waals surface area (Å²) in [6.07, 6.45) is 2.47. The second-order valence-corrected chi connectivity index (χ2v) is 9.27. The number of nitrogens with one attached hydrogen (secondary N) is 3. The van der Waals surface area contributed by atoms with Crippen molar-refractivity contribution in [3.63, 3.8) is 0 Å². The van der Waals surface area contributed by atoms with Gasteiger partial charge in [-0.25, -0.2) is 15.2 Å². The van der Waals surface area contributed by atoms with E-state index in [1.807, 2.05) is 17.6 Å². The number of fused-ring (bicyclic) bond motifs is 2. The van der Waals surface area contributed by atoms with Gasteiger partial charge in [0.25, 0.3) is 11.8 Å². The van der Waals surface area contributed by atoms with Crippen molar-refractivity contribution in [1.29, 1.82) is 0 Å². The molecule has 0 saturated carbocycles. The summed E-state index contributed by atoms with van der Waals surface area (Å²) in [5.74, 6) is -3.63. The highest BCUT2D eigenvalue weighted by atomic mass is 16.4. The normalized spacial score (nSPS) is 20.0. The number of carbonyl (C=O) groups is 6. The van der Waals surface area contributed by atoms with Gasteiger partial charge in [-0.2, -0.15) is 5.10 Å². The van der Waals surface area contributed by atoms with Crippen LogP contribution in [0.2, 0.25) is 0 Å². The summed E-state index contributed by atoms with van der Waals surface area (Å²) in [4.78, 5) is 79.5. The van der Waals surface area contributed by atoms with Gasteiger partial charge >= 0.3 is 12.0 Å². The monoisotopic (exact) mass is 552 g/mol. The highest BCUT2D eigenvalue weighted by molar-refractivity contribution is 6.07. The SMILES string of the molecule is NC(=O)NN=CC(CC(=O)O)NC(=O)C1CCCN2C(=O)CCC(NC(=O)c3nccc4ccccc34)C(=O)N12. The highest BCUT2D eigenvalue weighted by Crippen LogP contribution is 2.25. The van der Waals surface area contributed by atoms with Crippen molar-refractivity contribution in [2.75, 3.05) is 6.54 Å². The summed E-state index contributed by atoms with van der Waals surface area (Å²) >= 11 is 0. The summed E-state index contributed by atoms with van der Waals surface area (Å²) in [5.41, 5.74) is 6.98. The summed E-state index contributed by atoms with van der Waals surface area (Å²) < 4.78 is 0. The van der Waals surface area contributed by atoms with Crippen LogP contribution >= 0.6 is 0 Å². The van der Waals surface area contributed by atoms with Gasteiger partial charge in [0.15, 0.2) is 0 Å². The Morgan fingerprint density at radius 3 is 2.70 bits per heavy atom. The molecule has 0 aliphatic carbocycles. The number of hydrogen-bond donors (Lipinski definition) is 5. The maximum absolute atomic E-state index is 13.7. The summed E-state index contributed by atoms with van der Waals surface area (Å²) in [5, 5.41) is 21.5. The molecular weight excluding hydrogens is 524 g/mol. The lowest BCUT2D eigenvalue weighted by molar-refractivity contribution is -0.176. The molecule has 6 N–H and O–H groups in total. The van der Waals surface area contributed by atoms with Gasteiger partial charge in [0.1, 0.15) is 17.8 Å². The lowest BCUT2D eigenvalue weighted by Gasteiger charge is -2.43. The molecule has 2 fully saturated rings. The molecule has 2 aliphatic heterocycles. The predicted molar refractivity (Wildman–Crippen MR) is 139 cm³/mol. The Hall–Kier alpha value is -5.08. The molecular formula is C25H28N8O7. The minimum absolute atomic E-state index is 0.0165. The lowest BCUT2D eigenvalue weighted by atomic mass is 10.0. The molecule has 3 unspecified atom stereocenters. The van der Waals surface area contributed by atoms with E-state index < -0.39 is 54.3 Å². The number of rotatable bonds is 8. The number of urea groups is 1. The molecule has 1 aromatic heterocycles. The second kappa shape index (κ2) is 12.2. The second-order valence-electron chi connectivity index (χ2n) is 9.27. The zero-order chi connectivity index (χ0) is 28.8. The van der Waals surface area contributed by atoms with Crippen molar-refractivity contribution in [1.82, 2.24) is 31.1 Å². The van der Waals surface area contributed by atoms with Gasteiger partial charge in [0.2, 0.25) is 11.8 Å². The molecule has 15 heteroatoms. The van der Waals surface area contributed by atoms with Crippen LogP contribution in [0.3, 0.4) is 0 Å². The zero-order valence-corrected chi connectivity index (χ0v) is 21.3. The Labute approximate surface area is 227 Å². The molecule has 210 valence electrons. The van der Waals surface area contributed by atoms with Gasteiger partial charge in [-0.3, -0.25) is 34.0 Å². The van der Waals surface area contributed by atoms with Crippen molar-refractivity contribution in [2.24, 2.45) is 10.8 Å². The first-order valence-corrected chi connectivity index (χ1v) is 12.5. The van der Waals surface area contributed by atoms with Gasteiger partial charge in [-0.05, 0) is 30.7 Å². The number of hydrogen-bond acceptors (Lipinski definition) is 8. The number of nitrogens with two attached hydrogens (primary N) is 1. The number of hydrazone groups is 1. The Morgan fingerprint density at radius 1 is 1.18 bits per heavy atom. The van der Waals surface area contributed by atoms with E-state index in [1.165, 1.54) is 11.2 Å². The number of aliphatic carboxylic acids is 1. The quantitative estimate of drug-likeness (QED) is 0.211. The van der Waals surface area contributed by atoms with E-state index in [0.717, 1.165) is 16.6 Å². The van der Waals surface area contributed by atoms with Gasteiger partial charge in [0, 0.05) is 30.8 Å². The molecule has 2 aromatic rings. The van der Waals surface area contributed by atoms with Crippen LogP contribution in [0.4, 0.5) is 4.79 Å². The molecule has 4 rings (SSSR count). The van der Waals surface area contributed by atoms with Crippen LogP contribution in [0.25, 0.3) is 10.8 Å². The Kier molecular flexibility index (Phi) is 8.51. The number of aromatic nitrogens is 1. The van der Waals surface area contributed by atoms with E-state index in [0.29, 0.717) is 11.8 Å². The fraction of sp³-hybridized carbons (Fsp3) is 0.360. The number of carboxylic acids is 1. The average Bonchev–Trinajstić information content (AvgIpc) is 3.04. The third-order valence-electron chi connectivity index (χ3n) is 6.51. The molecule has 2 saturated heterocycles. The number of pyridine rings is 1. The minimum Gasteiger partial charge on any atom is -0.481 e. The zero-order valence-electron chi connectivity index (χ0n) is 21.3. The van der Waals surface area contributed by atoms with Crippen molar-refractivity contribution < 1.29 is 33.9 Å². The van der Waals surface area contributed by atoms with Crippen LogP contribution in [0.1, 0.15) is 42.6 Å². The number of benzene rings is 1. The van der Waals surface area contributed by atoms with Crippen LogP contribution in [0, 0.1) is 0 Å². The number of primary amides is 1. The van der Waals surface area contributed by atoms with Gasteiger partial charge in [-0.15, -0.1) is 0 Å². The fourth-order valence-corrected chi connectivity index (χ4v) is 4.73. The maximum Gasteiger partial charge on any atom is 0.332 e. The van der Waals surface area contributed by atoms with Crippen LogP contribution in [-0.2, 0) is 19.2 Å². The number of carboxylic acid groups (broad SMARTS) is 1. The summed E-state index contributed by atoms with van der Waals surface area (Å²) in [6.45, 7) is 0.197. The van der Waals surface area contributed by atoms with Crippen molar-refractivity contribution in [3.8, 4) is 0 Å².